The zero-order chi connectivity index (χ0) is 14.9. The van der Waals surface area contributed by atoms with Crippen molar-refractivity contribution < 1.29 is 4.74 Å². The molecule has 21 heavy (non-hydrogen) atoms. The van der Waals surface area contributed by atoms with Gasteiger partial charge in [0.05, 0.1) is 6.10 Å². The predicted molar refractivity (Wildman–Crippen MR) is 89.8 cm³/mol. The van der Waals surface area contributed by atoms with E-state index in [1.807, 2.05) is 0 Å². The van der Waals surface area contributed by atoms with Crippen LogP contribution >= 0.6 is 0 Å². The molecule has 2 aromatic rings. The van der Waals surface area contributed by atoms with Gasteiger partial charge in [-0.15, -0.1) is 0 Å². The van der Waals surface area contributed by atoms with Gasteiger partial charge >= 0.3 is 0 Å². The third-order valence-electron chi connectivity index (χ3n) is 4.87. The first-order valence-electron chi connectivity index (χ1n) is 8.18. The van der Waals surface area contributed by atoms with Crippen LogP contribution in [0, 0.1) is 11.3 Å². The summed E-state index contributed by atoms with van der Waals surface area (Å²) in [7, 11) is 0. The second-order valence-corrected chi connectivity index (χ2v) is 7.48. The standard InChI is InChI=1S/C20H26O/c1-20(2,3)17-9-6-10-18(14-17)21-19-12-11-15-7-4-5-8-16(15)13-19/h4-5,7-8,11-13,17-18H,6,9-10,14H2,1-3H3. The van der Waals surface area contributed by atoms with Gasteiger partial charge in [0.25, 0.3) is 0 Å². The van der Waals surface area contributed by atoms with E-state index in [1.165, 1.54) is 36.5 Å². The molecule has 0 bridgehead atoms. The number of fused-ring (bicyclic) bond motifs is 1. The Morgan fingerprint density at radius 2 is 1.71 bits per heavy atom. The summed E-state index contributed by atoms with van der Waals surface area (Å²) >= 11 is 0. The molecule has 3 rings (SSSR count). The highest BCUT2D eigenvalue weighted by Crippen LogP contribution is 2.39. The largest absolute Gasteiger partial charge is 0.490 e. The second-order valence-electron chi connectivity index (χ2n) is 7.48. The van der Waals surface area contributed by atoms with Crippen molar-refractivity contribution in [2.75, 3.05) is 0 Å². The Bertz CT molecular complexity index is 609. The number of hydrogen-bond donors (Lipinski definition) is 0. The van der Waals surface area contributed by atoms with Crippen molar-refractivity contribution >= 4 is 10.8 Å². The third kappa shape index (κ3) is 3.40. The summed E-state index contributed by atoms with van der Waals surface area (Å²) in [4.78, 5) is 0. The monoisotopic (exact) mass is 282 g/mol. The number of hydrogen-bond acceptors (Lipinski definition) is 1. The molecule has 2 unspecified atom stereocenters. The summed E-state index contributed by atoms with van der Waals surface area (Å²) < 4.78 is 6.29. The molecular formula is C20H26O. The van der Waals surface area contributed by atoms with E-state index in [4.69, 9.17) is 4.74 Å². The summed E-state index contributed by atoms with van der Waals surface area (Å²) in [6.07, 6.45) is 5.40. The maximum absolute atomic E-state index is 6.29. The first-order valence-corrected chi connectivity index (χ1v) is 8.18. The van der Waals surface area contributed by atoms with Crippen LogP contribution in [-0.2, 0) is 0 Å². The van der Waals surface area contributed by atoms with Gasteiger partial charge in [-0.05, 0) is 59.9 Å². The Hall–Kier alpha value is -1.50. The Morgan fingerprint density at radius 1 is 0.952 bits per heavy atom. The fraction of sp³-hybridized carbons (Fsp3) is 0.500. The van der Waals surface area contributed by atoms with E-state index >= 15 is 0 Å². The van der Waals surface area contributed by atoms with Crippen LogP contribution in [-0.4, -0.2) is 6.10 Å². The molecule has 0 saturated heterocycles. The zero-order valence-electron chi connectivity index (χ0n) is 13.4. The van der Waals surface area contributed by atoms with Crippen molar-refractivity contribution in [3.05, 3.63) is 42.5 Å². The lowest BCUT2D eigenvalue weighted by atomic mass is 9.71. The Morgan fingerprint density at radius 3 is 2.48 bits per heavy atom. The number of rotatable bonds is 2. The molecule has 1 fully saturated rings. The molecule has 1 aliphatic rings. The van der Waals surface area contributed by atoms with Crippen molar-refractivity contribution in [3.63, 3.8) is 0 Å². The van der Waals surface area contributed by atoms with Crippen LogP contribution in [0.25, 0.3) is 10.8 Å². The van der Waals surface area contributed by atoms with Crippen molar-refractivity contribution in [2.45, 2.75) is 52.6 Å². The molecule has 0 aromatic heterocycles. The molecule has 0 amide bonds. The highest BCUT2D eigenvalue weighted by atomic mass is 16.5. The van der Waals surface area contributed by atoms with Gasteiger partial charge in [0, 0.05) is 0 Å². The SMILES string of the molecule is CC(C)(C)C1CCCC(Oc2ccc3ccccc3c2)C1. The predicted octanol–water partition coefficient (Wildman–Crippen LogP) is 5.82. The van der Waals surface area contributed by atoms with Gasteiger partial charge in [-0.2, -0.15) is 0 Å². The maximum atomic E-state index is 6.29. The minimum atomic E-state index is 0.379. The molecule has 2 aromatic carbocycles. The van der Waals surface area contributed by atoms with Gasteiger partial charge < -0.3 is 4.74 Å². The van der Waals surface area contributed by atoms with Crippen LogP contribution in [0.3, 0.4) is 0 Å². The van der Waals surface area contributed by atoms with Crippen LogP contribution in [0.4, 0.5) is 0 Å². The average molecular weight is 282 g/mol. The molecule has 0 heterocycles. The van der Waals surface area contributed by atoms with E-state index in [0.29, 0.717) is 11.5 Å². The summed E-state index contributed by atoms with van der Waals surface area (Å²) in [5.74, 6) is 1.80. The fourth-order valence-corrected chi connectivity index (χ4v) is 3.47. The van der Waals surface area contributed by atoms with Crippen molar-refractivity contribution in [2.24, 2.45) is 11.3 Å². The van der Waals surface area contributed by atoms with Crippen LogP contribution in [0.2, 0.25) is 0 Å². The molecule has 0 aliphatic heterocycles. The first kappa shape index (κ1) is 14.4. The maximum Gasteiger partial charge on any atom is 0.120 e. The zero-order valence-corrected chi connectivity index (χ0v) is 13.4. The normalized spacial score (nSPS) is 23.2. The lowest BCUT2D eigenvalue weighted by Crippen LogP contribution is -2.32. The van der Waals surface area contributed by atoms with E-state index in [-0.39, 0.29) is 0 Å². The lowest BCUT2D eigenvalue weighted by Gasteiger charge is -2.37. The molecular weight excluding hydrogens is 256 g/mol. The molecule has 0 N–H and O–H groups in total. The van der Waals surface area contributed by atoms with Gasteiger partial charge in [0.1, 0.15) is 5.75 Å². The highest BCUT2D eigenvalue weighted by Gasteiger charge is 2.31. The molecule has 1 nitrogen and oxygen atoms in total. The lowest BCUT2D eigenvalue weighted by molar-refractivity contribution is 0.0747. The van der Waals surface area contributed by atoms with Gasteiger partial charge in [0.2, 0.25) is 0 Å². The molecule has 0 spiro atoms. The summed E-state index contributed by atoms with van der Waals surface area (Å²) in [5, 5.41) is 2.54. The number of ether oxygens (including phenoxy) is 1. The van der Waals surface area contributed by atoms with Crippen molar-refractivity contribution in [1.82, 2.24) is 0 Å². The van der Waals surface area contributed by atoms with Crippen molar-refractivity contribution in [1.29, 1.82) is 0 Å². The fourth-order valence-electron chi connectivity index (χ4n) is 3.47. The van der Waals surface area contributed by atoms with E-state index in [1.54, 1.807) is 0 Å². The Balaban J connectivity index is 1.72. The highest BCUT2D eigenvalue weighted by molar-refractivity contribution is 5.83. The minimum absolute atomic E-state index is 0.379. The molecule has 1 saturated carbocycles. The van der Waals surface area contributed by atoms with Gasteiger partial charge in [-0.3, -0.25) is 0 Å². The van der Waals surface area contributed by atoms with E-state index in [9.17, 15) is 0 Å². The van der Waals surface area contributed by atoms with E-state index in [2.05, 4.69) is 63.2 Å². The third-order valence-corrected chi connectivity index (χ3v) is 4.87. The Labute approximate surface area is 128 Å². The minimum Gasteiger partial charge on any atom is -0.490 e. The smallest absolute Gasteiger partial charge is 0.120 e. The first-order chi connectivity index (χ1) is 10.0. The van der Waals surface area contributed by atoms with Gasteiger partial charge in [-0.1, -0.05) is 51.1 Å². The van der Waals surface area contributed by atoms with Crippen molar-refractivity contribution in [3.8, 4) is 5.75 Å². The molecule has 0 radical (unpaired) electrons. The second kappa shape index (κ2) is 5.71. The van der Waals surface area contributed by atoms with Crippen LogP contribution < -0.4 is 4.74 Å². The van der Waals surface area contributed by atoms with Crippen LogP contribution in [0.1, 0.15) is 46.5 Å². The van der Waals surface area contributed by atoms with E-state index < -0.39 is 0 Å². The average Bonchev–Trinajstić information content (AvgIpc) is 2.46. The van der Waals surface area contributed by atoms with Crippen LogP contribution in [0.15, 0.2) is 42.5 Å². The van der Waals surface area contributed by atoms with Gasteiger partial charge in [0.15, 0.2) is 0 Å². The molecule has 1 aliphatic carbocycles. The summed E-state index contributed by atoms with van der Waals surface area (Å²) in [6.45, 7) is 7.07. The molecule has 1 heteroatoms. The van der Waals surface area contributed by atoms with E-state index in [0.717, 1.165) is 11.7 Å². The molecule has 2 atom stereocenters. The molecule has 112 valence electrons. The summed E-state index contributed by atoms with van der Waals surface area (Å²) in [5.41, 5.74) is 0.394. The topological polar surface area (TPSA) is 9.23 Å². The van der Waals surface area contributed by atoms with Gasteiger partial charge in [-0.25, -0.2) is 0 Å². The summed E-state index contributed by atoms with van der Waals surface area (Å²) in [6, 6.07) is 14.9. The Kier molecular flexibility index (Phi) is 3.93. The quantitative estimate of drug-likeness (QED) is 0.674. The number of benzene rings is 2. The van der Waals surface area contributed by atoms with Crippen LogP contribution in [0.5, 0.6) is 5.75 Å².